The van der Waals surface area contributed by atoms with Crippen LogP contribution in [0, 0.1) is 6.92 Å². The first-order chi connectivity index (χ1) is 12.5. The van der Waals surface area contributed by atoms with Crippen LogP contribution in [0.15, 0.2) is 24.3 Å². The van der Waals surface area contributed by atoms with Crippen molar-refractivity contribution < 1.29 is 9.59 Å². The molecule has 1 aliphatic heterocycles. The minimum absolute atomic E-state index is 0.247. The van der Waals surface area contributed by atoms with E-state index in [9.17, 15) is 9.59 Å². The highest BCUT2D eigenvalue weighted by atomic mass is 35.5. The average molecular weight is 394 g/mol. The Labute approximate surface area is 160 Å². The maximum Gasteiger partial charge on any atom is 0.274 e. The van der Waals surface area contributed by atoms with Gasteiger partial charge in [0.1, 0.15) is 5.69 Å². The third-order valence-electron chi connectivity index (χ3n) is 4.00. The summed E-state index contributed by atoms with van der Waals surface area (Å²) < 4.78 is 0. The molecular weight excluding hydrogens is 377 g/mol. The Morgan fingerprint density at radius 2 is 1.88 bits per heavy atom. The Balaban J connectivity index is 1.78. The summed E-state index contributed by atoms with van der Waals surface area (Å²) in [5.74, 6) is 0.0930. The van der Waals surface area contributed by atoms with E-state index in [2.05, 4.69) is 15.3 Å². The maximum absolute atomic E-state index is 12.6. The summed E-state index contributed by atoms with van der Waals surface area (Å²) in [5, 5.41) is 3.57. The zero-order valence-electron chi connectivity index (χ0n) is 14.1. The van der Waals surface area contributed by atoms with Gasteiger partial charge in [-0.1, -0.05) is 23.2 Å². The lowest BCUT2D eigenvalue weighted by molar-refractivity contribution is -0.118. The fraction of sp³-hybridized carbons (Fsp3) is 0.294. The molecule has 2 aromatic rings. The molecule has 0 aliphatic carbocycles. The van der Waals surface area contributed by atoms with Crippen LogP contribution in [0.5, 0.6) is 0 Å². The number of nitrogens with one attached hydrogen (secondary N) is 1. The van der Waals surface area contributed by atoms with Crippen LogP contribution < -0.4 is 10.2 Å². The summed E-state index contributed by atoms with van der Waals surface area (Å²) in [7, 11) is 0. The molecule has 1 aromatic heterocycles. The number of benzene rings is 1. The highest BCUT2D eigenvalue weighted by molar-refractivity contribution is 6.36. The molecular formula is C17H17Cl2N5O2. The van der Waals surface area contributed by atoms with Gasteiger partial charge in [-0.3, -0.25) is 9.59 Å². The second-order valence-corrected chi connectivity index (χ2v) is 6.74. The number of carbonyl (C=O) groups excluding carboxylic acids is 2. The summed E-state index contributed by atoms with van der Waals surface area (Å²) in [5.41, 5.74) is 1.38. The fourth-order valence-corrected chi connectivity index (χ4v) is 3.07. The Kier molecular flexibility index (Phi) is 5.58. The molecule has 0 saturated carbocycles. The Hall–Kier alpha value is -2.38. The van der Waals surface area contributed by atoms with Gasteiger partial charge in [0.15, 0.2) is 0 Å². The van der Waals surface area contributed by atoms with Gasteiger partial charge in [0, 0.05) is 36.9 Å². The van der Waals surface area contributed by atoms with Crippen LogP contribution in [0.4, 0.5) is 11.6 Å². The molecule has 136 valence electrons. The van der Waals surface area contributed by atoms with Crippen LogP contribution in [0.25, 0.3) is 0 Å². The number of aryl methyl sites for hydroxylation is 1. The summed E-state index contributed by atoms with van der Waals surface area (Å²) in [6, 6.07) is 6.45. The summed E-state index contributed by atoms with van der Waals surface area (Å²) in [6.45, 7) is 4.24. The number of rotatable bonds is 4. The average Bonchev–Trinajstić information content (AvgIpc) is 2.63. The van der Waals surface area contributed by atoms with Crippen molar-refractivity contribution in [3.63, 3.8) is 0 Å². The molecule has 3 rings (SSSR count). The quantitative estimate of drug-likeness (QED) is 0.807. The van der Waals surface area contributed by atoms with E-state index in [0.29, 0.717) is 53.6 Å². The second-order valence-electron chi connectivity index (χ2n) is 5.90. The normalized spacial score (nSPS) is 14.3. The molecule has 0 radical (unpaired) electrons. The van der Waals surface area contributed by atoms with Gasteiger partial charge in [0.25, 0.3) is 5.91 Å². The lowest BCUT2D eigenvalue weighted by Crippen LogP contribution is -2.46. The van der Waals surface area contributed by atoms with E-state index in [-0.39, 0.29) is 11.6 Å². The zero-order chi connectivity index (χ0) is 18.7. The molecule has 9 heteroatoms. The number of nitrogens with zero attached hydrogens (tertiary/aromatic N) is 4. The molecule has 0 bridgehead atoms. The number of carbonyl (C=O) groups is 2. The fourth-order valence-electron chi connectivity index (χ4n) is 2.62. The molecule has 1 fully saturated rings. The SMILES string of the molecule is Cc1cc(C(=O)Nc2ccc(Cl)cc2Cl)nc(N2CCN(C=O)CC2)n1. The number of hydrogen-bond acceptors (Lipinski definition) is 5. The first kappa shape index (κ1) is 18.4. The number of anilines is 2. The summed E-state index contributed by atoms with van der Waals surface area (Å²) >= 11 is 12.0. The van der Waals surface area contributed by atoms with Gasteiger partial charge < -0.3 is 15.1 Å². The third kappa shape index (κ3) is 4.23. The van der Waals surface area contributed by atoms with Crippen LogP contribution >= 0.6 is 23.2 Å². The lowest BCUT2D eigenvalue weighted by atomic mass is 10.2. The van der Waals surface area contributed by atoms with Gasteiger partial charge in [0.05, 0.1) is 10.7 Å². The van der Waals surface area contributed by atoms with E-state index in [1.807, 2.05) is 4.90 Å². The first-order valence-electron chi connectivity index (χ1n) is 8.02. The number of hydrogen-bond donors (Lipinski definition) is 1. The summed E-state index contributed by atoms with van der Waals surface area (Å²) in [4.78, 5) is 35.8. The molecule has 26 heavy (non-hydrogen) atoms. The highest BCUT2D eigenvalue weighted by Gasteiger charge is 2.20. The topological polar surface area (TPSA) is 78.4 Å². The smallest absolute Gasteiger partial charge is 0.274 e. The van der Waals surface area contributed by atoms with Crippen LogP contribution in [0.3, 0.4) is 0 Å². The second kappa shape index (κ2) is 7.88. The highest BCUT2D eigenvalue weighted by Crippen LogP contribution is 2.26. The van der Waals surface area contributed by atoms with Crippen LogP contribution in [0.1, 0.15) is 16.2 Å². The minimum Gasteiger partial charge on any atom is -0.342 e. The molecule has 7 nitrogen and oxygen atoms in total. The molecule has 1 saturated heterocycles. The van der Waals surface area contributed by atoms with E-state index in [1.54, 1.807) is 36.1 Å². The van der Waals surface area contributed by atoms with Crippen molar-refractivity contribution in [1.29, 1.82) is 0 Å². The molecule has 2 heterocycles. The van der Waals surface area contributed by atoms with Crippen molar-refractivity contribution in [2.75, 3.05) is 36.4 Å². The molecule has 1 N–H and O–H groups in total. The number of amides is 2. The van der Waals surface area contributed by atoms with Crippen LogP contribution in [0.2, 0.25) is 10.0 Å². The van der Waals surface area contributed by atoms with Gasteiger partial charge in [-0.15, -0.1) is 0 Å². The minimum atomic E-state index is -0.382. The molecule has 2 amide bonds. The number of halogens is 2. The van der Waals surface area contributed by atoms with E-state index in [1.165, 1.54) is 0 Å². The largest absolute Gasteiger partial charge is 0.342 e. The van der Waals surface area contributed by atoms with E-state index in [0.717, 1.165) is 6.41 Å². The molecule has 1 aliphatic rings. The molecule has 0 spiro atoms. The van der Waals surface area contributed by atoms with E-state index >= 15 is 0 Å². The van der Waals surface area contributed by atoms with Crippen LogP contribution in [-0.4, -0.2) is 53.4 Å². The standard InChI is InChI=1S/C17H17Cl2N5O2/c1-11-8-15(16(26)21-14-3-2-12(18)9-13(14)19)22-17(20-11)24-6-4-23(10-25)5-7-24/h2-3,8-10H,4-7H2,1H3,(H,21,26). The van der Waals surface area contributed by atoms with Gasteiger partial charge in [0.2, 0.25) is 12.4 Å². The molecule has 0 atom stereocenters. The van der Waals surface area contributed by atoms with Gasteiger partial charge >= 0.3 is 0 Å². The van der Waals surface area contributed by atoms with Crippen molar-refractivity contribution in [2.45, 2.75) is 6.92 Å². The van der Waals surface area contributed by atoms with Gasteiger partial charge in [-0.2, -0.15) is 0 Å². The zero-order valence-corrected chi connectivity index (χ0v) is 15.6. The predicted molar refractivity (Wildman–Crippen MR) is 101 cm³/mol. The Morgan fingerprint density at radius 3 is 2.54 bits per heavy atom. The maximum atomic E-state index is 12.6. The number of aromatic nitrogens is 2. The lowest BCUT2D eigenvalue weighted by Gasteiger charge is -2.32. The Morgan fingerprint density at radius 1 is 1.15 bits per heavy atom. The third-order valence-corrected chi connectivity index (χ3v) is 4.55. The first-order valence-corrected chi connectivity index (χ1v) is 8.78. The van der Waals surface area contributed by atoms with Crippen molar-refractivity contribution in [3.8, 4) is 0 Å². The Bertz CT molecular complexity index is 838. The van der Waals surface area contributed by atoms with Crippen molar-refractivity contribution in [1.82, 2.24) is 14.9 Å². The van der Waals surface area contributed by atoms with Crippen molar-refractivity contribution >= 4 is 47.2 Å². The summed E-state index contributed by atoms with van der Waals surface area (Å²) in [6.07, 6.45) is 0.836. The monoisotopic (exact) mass is 393 g/mol. The predicted octanol–water partition coefficient (Wildman–Crippen LogP) is 2.62. The number of piperazine rings is 1. The van der Waals surface area contributed by atoms with E-state index in [4.69, 9.17) is 23.2 Å². The van der Waals surface area contributed by atoms with Crippen molar-refractivity contribution in [3.05, 3.63) is 45.7 Å². The van der Waals surface area contributed by atoms with E-state index < -0.39 is 0 Å². The van der Waals surface area contributed by atoms with Gasteiger partial charge in [-0.25, -0.2) is 9.97 Å². The van der Waals surface area contributed by atoms with Crippen molar-refractivity contribution in [2.24, 2.45) is 0 Å². The molecule has 1 aromatic carbocycles. The van der Waals surface area contributed by atoms with Crippen LogP contribution in [-0.2, 0) is 4.79 Å². The molecule has 0 unspecified atom stereocenters. The van der Waals surface area contributed by atoms with Gasteiger partial charge in [-0.05, 0) is 31.2 Å².